The zero-order valence-electron chi connectivity index (χ0n) is 15.3. The first kappa shape index (κ1) is 17.0. The lowest BCUT2D eigenvalue weighted by atomic mass is 10.1. The van der Waals surface area contributed by atoms with Crippen LogP contribution in [0, 0.1) is 0 Å². The maximum atomic E-state index is 5.54. The molecule has 2 saturated heterocycles. The second kappa shape index (κ2) is 7.48. The summed E-state index contributed by atoms with van der Waals surface area (Å²) in [6.45, 7) is 3.18. The summed E-state index contributed by atoms with van der Waals surface area (Å²) in [5.74, 6) is 4.15. The summed E-state index contributed by atoms with van der Waals surface area (Å²) in [7, 11) is 0. The molecule has 2 fully saturated rings. The van der Waals surface area contributed by atoms with Gasteiger partial charge in [-0.1, -0.05) is 30.3 Å². The highest BCUT2D eigenvalue weighted by molar-refractivity contribution is 7.99. The van der Waals surface area contributed by atoms with Gasteiger partial charge in [0.15, 0.2) is 11.5 Å². The monoisotopic (exact) mass is 381 g/mol. The van der Waals surface area contributed by atoms with Gasteiger partial charge < -0.3 is 9.64 Å². The summed E-state index contributed by atoms with van der Waals surface area (Å²) >= 11 is 2.03. The first-order valence-electron chi connectivity index (χ1n) is 9.61. The quantitative estimate of drug-likeness (QED) is 0.693. The normalized spacial score (nSPS) is 18.9. The Morgan fingerprint density at radius 2 is 1.78 bits per heavy atom. The van der Waals surface area contributed by atoms with E-state index in [-0.39, 0.29) is 0 Å². The van der Waals surface area contributed by atoms with E-state index in [4.69, 9.17) is 19.8 Å². The molecule has 2 aliphatic rings. The number of morpholine rings is 1. The van der Waals surface area contributed by atoms with Crippen molar-refractivity contribution in [3.05, 3.63) is 36.5 Å². The van der Waals surface area contributed by atoms with E-state index in [0.717, 1.165) is 67.4 Å². The average Bonchev–Trinajstić information content (AvgIpc) is 3.19. The van der Waals surface area contributed by atoms with Crippen LogP contribution in [0.25, 0.3) is 22.4 Å². The minimum absolute atomic E-state index is 0.430. The van der Waals surface area contributed by atoms with Crippen molar-refractivity contribution in [1.29, 1.82) is 0 Å². The van der Waals surface area contributed by atoms with Crippen molar-refractivity contribution < 1.29 is 4.74 Å². The Kier molecular flexibility index (Phi) is 4.71. The zero-order valence-corrected chi connectivity index (χ0v) is 16.1. The minimum atomic E-state index is 0.430. The van der Waals surface area contributed by atoms with Crippen LogP contribution in [-0.2, 0) is 4.74 Å². The molecule has 0 amide bonds. The van der Waals surface area contributed by atoms with Crippen LogP contribution in [0.15, 0.2) is 36.5 Å². The van der Waals surface area contributed by atoms with E-state index in [1.807, 2.05) is 36.2 Å². The van der Waals surface area contributed by atoms with Crippen molar-refractivity contribution in [3.8, 4) is 11.4 Å². The molecule has 7 heteroatoms. The molecule has 4 heterocycles. The predicted octanol–water partition coefficient (Wildman–Crippen LogP) is 3.40. The molecule has 0 atom stereocenters. The van der Waals surface area contributed by atoms with E-state index in [0.29, 0.717) is 6.04 Å². The third kappa shape index (κ3) is 3.30. The zero-order chi connectivity index (χ0) is 18.1. The van der Waals surface area contributed by atoms with Crippen LogP contribution in [0.5, 0.6) is 0 Å². The minimum Gasteiger partial charge on any atom is -0.378 e. The molecular weight excluding hydrogens is 358 g/mol. The van der Waals surface area contributed by atoms with Crippen LogP contribution in [0.2, 0.25) is 0 Å². The van der Waals surface area contributed by atoms with E-state index in [2.05, 4.69) is 21.7 Å². The number of hydrogen-bond acceptors (Lipinski definition) is 6. The number of anilines is 1. The van der Waals surface area contributed by atoms with Crippen LogP contribution in [0.4, 0.5) is 5.82 Å². The smallest absolute Gasteiger partial charge is 0.164 e. The first-order valence-corrected chi connectivity index (χ1v) is 10.8. The maximum Gasteiger partial charge on any atom is 0.164 e. The second-order valence-corrected chi connectivity index (χ2v) is 8.23. The van der Waals surface area contributed by atoms with Crippen molar-refractivity contribution in [3.63, 3.8) is 0 Å². The molecule has 0 radical (unpaired) electrons. The van der Waals surface area contributed by atoms with E-state index >= 15 is 0 Å². The Morgan fingerprint density at radius 3 is 2.56 bits per heavy atom. The van der Waals surface area contributed by atoms with Gasteiger partial charge in [-0.05, 0) is 24.3 Å². The van der Waals surface area contributed by atoms with Crippen LogP contribution < -0.4 is 4.90 Å². The Bertz CT molecular complexity index is 917. The van der Waals surface area contributed by atoms with Crippen molar-refractivity contribution >= 4 is 28.6 Å². The molecule has 0 bridgehead atoms. The van der Waals surface area contributed by atoms with E-state index in [1.54, 1.807) is 0 Å². The molecule has 5 rings (SSSR count). The molecule has 1 aromatic carbocycles. The summed E-state index contributed by atoms with van der Waals surface area (Å²) in [6.07, 6.45) is 4.26. The van der Waals surface area contributed by atoms with E-state index < -0.39 is 0 Å². The number of rotatable bonds is 3. The Labute approximate surface area is 162 Å². The lowest BCUT2D eigenvalue weighted by Gasteiger charge is -2.28. The summed E-state index contributed by atoms with van der Waals surface area (Å²) in [4.78, 5) is 12.2. The summed E-state index contributed by atoms with van der Waals surface area (Å²) < 4.78 is 7.69. The number of fused-ring (bicyclic) bond motifs is 1. The van der Waals surface area contributed by atoms with Crippen molar-refractivity contribution in [2.24, 2.45) is 0 Å². The van der Waals surface area contributed by atoms with Gasteiger partial charge in [0.05, 0.1) is 30.8 Å². The highest BCUT2D eigenvalue weighted by atomic mass is 32.2. The van der Waals surface area contributed by atoms with Gasteiger partial charge in [-0.3, -0.25) is 0 Å². The number of benzene rings is 1. The Hall–Kier alpha value is -2.12. The van der Waals surface area contributed by atoms with Gasteiger partial charge >= 0.3 is 0 Å². The van der Waals surface area contributed by atoms with Crippen molar-refractivity contribution in [2.75, 3.05) is 42.7 Å². The first-order chi connectivity index (χ1) is 13.4. The van der Waals surface area contributed by atoms with Gasteiger partial charge in [0.1, 0.15) is 5.82 Å². The van der Waals surface area contributed by atoms with Crippen molar-refractivity contribution in [1.82, 2.24) is 19.7 Å². The molecule has 0 spiro atoms. The fourth-order valence-electron chi connectivity index (χ4n) is 3.84. The maximum absolute atomic E-state index is 5.54. The second-order valence-electron chi connectivity index (χ2n) is 7.01. The molecule has 0 aliphatic carbocycles. The SMILES string of the molecule is c1ccc(-c2nc(N3CCOCC3)c3cnn(C4CCSCC4)c3n2)cc1. The number of ether oxygens (including phenoxy) is 1. The number of nitrogens with zero attached hydrogens (tertiary/aromatic N) is 5. The highest BCUT2D eigenvalue weighted by Gasteiger charge is 2.24. The van der Waals surface area contributed by atoms with Crippen LogP contribution in [0.1, 0.15) is 18.9 Å². The van der Waals surface area contributed by atoms with Gasteiger partial charge in [-0.15, -0.1) is 0 Å². The summed E-state index contributed by atoms with van der Waals surface area (Å²) in [6, 6.07) is 10.7. The lowest BCUT2D eigenvalue weighted by molar-refractivity contribution is 0.122. The van der Waals surface area contributed by atoms with Gasteiger partial charge in [0.2, 0.25) is 0 Å². The molecule has 2 aromatic heterocycles. The molecule has 140 valence electrons. The Morgan fingerprint density at radius 1 is 1.00 bits per heavy atom. The summed E-state index contributed by atoms with van der Waals surface area (Å²) in [5, 5.41) is 5.81. The molecule has 2 aliphatic heterocycles. The molecule has 27 heavy (non-hydrogen) atoms. The molecule has 0 N–H and O–H groups in total. The highest BCUT2D eigenvalue weighted by Crippen LogP contribution is 2.33. The van der Waals surface area contributed by atoms with Crippen LogP contribution in [-0.4, -0.2) is 57.6 Å². The van der Waals surface area contributed by atoms with Gasteiger partial charge in [-0.2, -0.15) is 16.9 Å². The molecule has 6 nitrogen and oxygen atoms in total. The van der Waals surface area contributed by atoms with Crippen LogP contribution in [0.3, 0.4) is 0 Å². The van der Waals surface area contributed by atoms with E-state index in [1.165, 1.54) is 11.5 Å². The molecule has 0 unspecified atom stereocenters. The Balaban J connectivity index is 1.66. The number of hydrogen-bond donors (Lipinski definition) is 0. The summed E-state index contributed by atoms with van der Waals surface area (Å²) in [5.41, 5.74) is 2.00. The van der Waals surface area contributed by atoms with Crippen molar-refractivity contribution in [2.45, 2.75) is 18.9 Å². The largest absolute Gasteiger partial charge is 0.378 e. The topological polar surface area (TPSA) is 56.1 Å². The lowest BCUT2D eigenvalue weighted by Crippen LogP contribution is -2.37. The molecule has 3 aromatic rings. The fourth-order valence-corrected chi connectivity index (χ4v) is 4.92. The fraction of sp³-hybridized carbons (Fsp3) is 0.450. The molecule has 0 saturated carbocycles. The van der Waals surface area contributed by atoms with Gasteiger partial charge in [-0.25, -0.2) is 14.6 Å². The van der Waals surface area contributed by atoms with E-state index in [9.17, 15) is 0 Å². The predicted molar refractivity (Wildman–Crippen MR) is 109 cm³/mol. The molecular formula is C20H23N5OS. The van der Waals surface area contributed by atoms with Crippen LogP contribution >= 0.6 is 11.8 Å². The third-order valence-corrected chi connectivity index (χ3v) is 6.36. The number of aromatic nitrogens is 4. The number of thioether (sulfide) groups is 1. The standard InChI is InChI=1S/C20H23N5OS/c1-2-4-15(5-3-1)18-22-19(24-8-10-26-11-9-24)17-14-21-25(20(17)23-18)16-6-12-27-13-7-16/h1-5,14,16H,6-13H2. The average molecular weight is 382 g/mol. The van der Waals surface area contributed by atoms with Gasteiger partial charge in [0.25, 0.3) is 0 Å². The van der Waals surface area contributed by atoms with Gasteiger partial charge in [0, 0.05) is 18.7 Å². The third-order valence-electron chi connectivity index (χ3n) is 5.31.